The fraction of sp³-hybridized carbons (Fsp3) is 0.0556. The third-order valence-electron chi connectivity index (χ3n) is 3.50. The molecule has 0 aliphatic rings. The van der Waals surface area contributed by atoms with Crippen LogP contribution in [-0.4, -0.2) is 15.9 Å². The molecule has 1 heterocycles. The predicted octanol–water partition coefficient (Wildman–Crippen LogP) is 3.76. The number of anilines is 2. The molecule has 0 radical (unpaired) electrons. The lowest BCUT2D eigenvalue weighted by Crippen LogP contribution is -2.15. The highest BCUT2D eigenvalue weighted by atomic mass is 19.1. The maximum atomic E-state index is 13.6. The van der Waals surface area contributed by atoms with Crippen LogP contribution in [0.3, 0.4) is 0 Å². The van der Waals surface area contributed by atoms with Gasteiger partial charge < -0.3 is 10.6 Å². The first-order chi connectivity index (χ1) is 12.5. The number of carbonyl (C=O) groups is 1. The van der Waals surface area contributed by atoms with Crippen LogP contribution in [0.15, 0.2) is 54.9 Å². The second-order valence-corrected chi connectivity index (χ2v) is 5.31. The molecule has 132 valence electrons. The largest absolute Gasteiger partial charge is 0.366 e. The van der Waals surface area contributed by atoms with Crippen LogP contribution in [0.5, 0.6) is 0 Å². The number of hydrogen-bond acceptors (Lipinski definition) is 4. The van der Waals surface area contributed by atoms with Crippen LogP contribution in [0, 0.1) is 17.5 Å². The van der Waals surface area contributed by atoms with E-state index in [1.807, 2.05) is 0 Å². The van der Waals surface area contributed by atoms with Crippen molar-refractivity contribution in [1.29, 1.82) is 0 Å². The maximum absolute atomic E-state index is 13.6. The number of amides is 1. The number of nitrogens with one attached hydrogen (secondary N) is 2. The molecular weight excluding hydrogens is 345 g/mol. The predicted molar refractivity (Wildman–Crippen MR) is 90.1 cm³/mol. The van der Waals surface area contributed by atoms with E-state index in [-0.39, 0.29) is 23.7 Å². The van der Waals surface area contributed by atoms with E-state index in [1.54, 1.807) is 18.2 Å². The molecule has 0 fully saturated rings. The van der Waals surface area contributed by atoms with Gasteiger partial charge in [-0.15, -0.1) is 0 Å². The van der Waals surface area contributed by atoms with Crippen molar-refractivity contribution in [2.75, 3.05) is 10.6 Å². The Morgan fingerprint density at radius 1 is 0.962 bits per heavy atom. The molecule has 0 atom stereocenters. The SMILES string of the molecule is O=C(Nc1ccc(F)cc1F)c1cc(NCc2ccccc2F)ncn1. The summed E-state index contributed by atoms with van der Waals surface area (Å²) in [7, 11) is 0. The monoisotopic (exact) mass is 358 g/mol. The Labute approximate surface area is 146 Å². The third-order valence-corrected chi connectivity index (χ3v) is 3.50. The summed E-state index contributed by atoms with van der Waals surface area (Å²) in [6.45, 7) is 0.164. The van der Waals surface area contributed by atoms with E-state index in [4.69, 9.17) is 0 Å². The topological polar surface area (TPSA) is 66.9 Å². The van der Waals surface area contributed by atoms with E-state index in [0.717, 1.165) is 18.5 Å². The number of rotatable bonds is 5. The van der Waals surface area contributed by atoms with Crippen LogP contribution in [-0.2, 0) is 6.54 Å². The van der Waals surface area contributed by atoms with Crippen LogP contribution in [0.1, 0.15) is 16.1 Å². The Hall–Kier alpha value is -3.42. The van der Waals surface area contributed by atoms with Crippen molar-refractivity contribution in [3.63, 3.8) is 0 Å². The average molecular weight is 358 g/mol. The van der Waals surface area contributed by atoms with Gasteiger partial charge in [-0.1, -0.05) is 18.2 Å². The summed E-state index contributed by atoms with van der Waals surface area (Å²) in [6, 6.07) is 10.4. The summed E-state index contributed by atoms with van der Waals surface area (Å²) in [5.74, 6) is -2.40. The number of nitrogens with zero attached hydrogens (tertiary/aromatic N) is 2. The van der Waals surface area contributed by atoms with Crippen LogP contribution in [0.25, 0.3) is 0 Å². The van der Waals surface area contributed by atoms with Gasteiger partial charge in [0.2, 0.25) is 0 Å². The molecule has 0 saturated carbocycles. The van der Waals surface area contributed by atoms with Gasteiger partial charge in [-0.3, -0.25) is 4.79 Å². The fourth-order valence-corrected chi connectivity index (χ4v) is 2.18. The minimum atomic E-state index is -0.898. The van der Waals surface area contributed by atoms with Gasteiger partial charge in [-0.05, 0) is 18.2 Å². The molecule has 0 aliphatic heterocycles. The van der Waals surface area contributed by atoms with Gasteiger partial charge in [0.1, 0.15) is 35.3 Å². The molecule has 3 rings (SSSR count). The average Bonchev–Trinajstić information content (AvgIpc) is 2.63. The van der Waals surface area contributed by atoms with Crippen molar-refractivity contribution in [2.45, 2.75) is 6.54 Å². The maximum Gasteiger partial charge on any atom is 0.274 e. The first-order valence-electron chi connectivity index (χ1n) is 7.58. The van der Waals surface area contributed by atoms with E-state index in [0.29, 0.717) is 17.4 Å². The molecule has 0 bridgehead atoms. The van der Waals surface area contributed by atoms with Crippen LogP contribution >= 0.6 is 0 Å². The molecular formula is C18H13F3N4O. The molecule has 0 aliphatic carbocycles. The molecule has 1 amide bonds. The molecule has 5 nitrogen and oxygen atoms in total. The van der Waals surface area contributed by atoms with Crippen molar-refractivity contribution in [1.82, 2.24) is 9.97 Å². The van der Waals surface area contributed by atoms with Gasteiger partial charge in [0, 0.05) is 24.2 Å². The minimum Gasteiger partial charge on any atom is -0.366 e. The second-order valence-electron chi connectivity index (χ2n) is 5.31. The summed E-state index contributed by atoms with van der Waals surface area (Å²) >= 11 is 0. The number of hydrogen-bond donors (Lipinski definition) is 2. The quantitative estimate of drug-likeness (QED) is 0.729. The fourth-order valence-electron chi connectivity index (χ4n) is 2.18. The standard InChI is InChI=1S/C18H13F3N4O/c19-12-5-6-15(14(21)7-12)25-18(26)16-8-17(24-10-23-16)22-9-11-3-1-2-4-13(11)20/h1-8,10H,9H2,(H,25,26)(H,22,23,24). The van der Waals surface area contributed by atoms with E-state index >= 15 is 0 Å². The lowest BCUT2D eigenvalue weighted by molar-refractivity contribution is 0.102. The number of benzene rings is 2. The highest BCUT2D eigenvalue weighted by molar-refractivity contribution is 6.03. The van der Waals surface area contributed by atoms with Gasteiger partial charge in [0.05, 0.1) is 5.69 Å². The van der Waals surface area contributed by atoms with Crippen LogP contribution in [0.4, 0.5) is 24.7 Å². The highest BCUT2D eigenvalue weighted by Crippen LogP contribution is 2.16. The Kier molecular flexibility index (Phi) is 5.12. The Morgan fingerprint density at radius 2 is 1.77 bits per heavy atom. The van der Waals surface area contributed by atoms with Crippen molar-refractivity contribution >= 4 is 17.4 Å². The number of halogens is 3. The zero-order valence-electron chi connectivity index (χ0n) is 13.3. The highest BCUT2D eigenvalue weighted by Gasteiger charge is 2.12. The van der Waals surface area contributed by atoms with Gasteiger partial charge >= 0.3 is 0 Å². The van der Waals surface area contributed by atoms with E-state index in [9.17, 15) is 18.0 Å². The van der Waals surface area contributed by atoms with Gasteiger partial charge in [0.15, 0.2) is 0 Å². The molecule has 1 aromatic heterocycles. The van der Waals surface area contributed by atoms with E-state index < -0.39 is 17.5 Å². The molecule has 0 spiro atoms. The van der Waals surface area contributed by atoms with Crippen LogP contribution < -0.4 is 10.6 Å². The molecule has 2 N–H and O–H groups in total. The Bertz CT molecular complexity index is 949. The summed E-state index contributed by atoms with van der Waals surface area (Å²) in [6.07, 6.45) is 1.15. The van der Waals surface area contributed by atoms with Crippen molar-refractivity contribution in [3.05, 3.63) is 83.6 Å². The number of carbonyl (C=O) groups excluding carboxylic acids is 1. The lowest BCUT2D eigenvalue weighted by Gasteiger charge is -2.09. The molecule has 0 saturated heterocycles. The second kappa shape index (κ2) is 7.64. The summed E-state index contributed by atoms with van der Waals surface area (Å²) in [4.78, 5) is 20.0. The van der Waals surface area contributed by atoms with E-state index in [2.05, 4.69) is 20.6 Å². The van der Waals surface area contributed by atoms with Gasteiger partial charge in [-0.25, -0.2) is 23.1 Å². The Balaban J connectivity index is 1.70. The van der Waals surface area contributed by atoms with Crippen molar-refractivity contribution < 1.29 is 18.0 Å². The summed E-state index contributed by atoms with van der Waals surface area (Å²) < 4.78 is 40.1. The Morgan fingerprint density at radius 3 is 2.54 bits per heavy atom. The molecule has 26 heavy (non-hydrogen) atoms. The van der Waals surface area contributed by atoms with Gasteiger partial charge in [-0.2, -0.15) is 0 Å². The molecule has 8 heteroatoms. The summed E-state index contributed by atoms with van der Waals surface area (Å²) in [5, 5.41) is 5.19. The zero-order chi connectivity index (χ0) is 18.5. The first kappa shape index (κ1) is 17.4. The zero-order valence-corrected chi connectivity index (χ0v) is 13.3. The molecule has 2 aromatic carbocycles. The first-order valence-corrected chi connectivity index (χ1v) is 7.58. The van der Waals surface area contributed by atoms with Crippen molar-refractivity contribution in [3.8, 4) is 0 Å². The van der Waals surface area contributed by atoms with Crippen LogP contribution in [0.2, 0.25) is 0 Å². The normalized spacial score (nSPS) is 10.4. The third kappa shape index (κ3) is 4.15. The summed E-state index contributed by atoms with van der Waals surface area (Å²) in [5.41, 5.74) is 0.237. The molecule has 3 aromatic rings. The van der Waals surface area contributed by atoms with Gasteiger partial charge in [0.25, 0.3) is 5.91 Å². The minimum absolute atomic E-state index is 0.0280. The lowest BCUT2D eigenvalue weighted by atomic mass is 10.2. The van der Waals surface area contributed by atoms with Crippen molar-refractivity contribution in [2.24, 2.45) is 0 Å². The smallest absolute Gasteiger partial charge is 0.274 e. The number of aromatic nitrogens is 2. The molecule has 0 unspecified atom stereocenters. The van der Waals surface area contributed by atoms with E-state index in [1.165, 1.54) is 12.1 Å².